The SMILES string of the molecule is CN=C(NCc1ccc([N+](=O)[O-])cc1)NC1CCN(C(=O)C2CCCC2)C1.I. The zero-order chi connectivity index (χ0) is 19.2. The Kier molecular flexibility index (Phi) is 8.46. The molecule has 1 saturated heterocycles. The highest BCUT2D eigenvalue weighted by atomic mass is 127. The summed E-state index contributed by atoms with van der Waals surface area (Å²) in [7, 11) is 1.71. The molecular formula is C19H28IN5O3. The molecule has 1 saturated carbocycles. The second-order valence-corrected chi connectivity index (χ2v) is 7.24. The number of likely N-dealkylation sites (tertiary alicyclic amines) is 1. The Balaban J connectivity index is 0.00000280. The number of non-ortho nitro benzene ring substituents is 1. The first-order chi connectivity index (χ1) is 13.1. The van der Waals surface area contributed by atoms with Crippen molar-refractivity contribution in [1.29, 1.82) is 0 Å². The van der Waals surface area contributed by atoms with E-state index in [1.54, 1.807) is 19.2 Å². The van der Waals surface area contributed by atoms with Crippen LogP contribution in [0.15, 0.2) is 29.3 Å². The zero-order valence-electron chi connectivity index (χ0n) is 16.1. The number of nitro benzene ring substituents is 1. The van der Waals surface area contributed by atoms with Crippen molar-refractivity contribution in [1.82, 2.24) is 15.5 Å². The molecule has 1 aliphatic heterocycles. The van der Waals surface area contributed by atoms with Gasteiger partial charge < -0.3 is 15.5 Å². The predicted molar refractivity (Wildman–Crippen MR) is 119 cm³/mol. The van der Waals surface area contributed by atoms with E-state index in [4.69, 9.17) is 0 Å². The number of carbonyl (C=O) groups is 1. The Hall–Kier alpha value is -1.91. The van der Waals surface area contributed by atoms with Crippen molar-refractivity contribution in [3.05, 3.63) is 39.9 Å². The molecule has 0 radical (unpaired) electrons. The summed E-state index contributed by atoms with van der Waals surface area (Å²) in [5, 5.41) is 17.3. The fraction of sp³-hybridized carbons (Fsp3) is 0.579. The summed E-state index contributed by atoms with van der Waals surface area (Å²) in [6, 6.07) is 6.65. The molecule has 1 aliphatic carbocycles. The van der Waals surface area contributed by atoms with Crippen LogP contribution in [-0.4, -0.2) is 47.9 Å². The summed E-state index contributed by atoms with van der Waals surface area (Å²) in [4.78, 5) is 29.1. The maximum absolute atomic E-state index is 12.5. The smallest absolute Gasteiger partial charge is 0.269 e. The Morgan fingerprint density at radius 3 is 2.54 bits per heavy atom. The number of nitrogens with one attached hydrogen (secondary N) is 2. The van der Waals surface area contributed by atoms with E-state index in [9.17, 15) is 14.9 Å². The van der Waals surface area contributed by atoms with Crippen molar-refractivity contribution >= 4 is 41.5 Å². The lowest BCUT2D eigenvalue weighted by Gasteiger charge is -2.21. The Morgan fingerprint density at radius 2 is 1.93 bits per heavy atom. The molecule has 1 heterocycles. The van der Waals surface area contributed by atoms with E-state index in [1.165, 1.54) is 25.0 Å². The van der Waals surface area contributed by atoms with E-state index < -0.39 is 4.92 Å². The van der Waals surface area contributed by atoms with Gasteiger partial charge in [0, 0.05) is 50.8 Å². The summed E-state index contributed by atoms with van der Waals surface area (Å²) >= 11 is 0. The molecule has 8 nitrogen and oxygen atoms in total. The minimum atomic E-state index is -0.406. The molecule has 0 spiro atoms. The molecule has 1 atom stereocenters. The topological polar surface area (TPSA) is 99.9 Å². The van der Waals surface area contributed by atoms with E-state index >= 15 is 0 Å². The van der Waals surface area contributed by atoms with E-state index in [2.05, 4.69) is 15.6 Å². The predicted octanol–water partition coefficient (Wildman–Crippen LogP) is 2.67. The summed E-state index contributed by atoms with van der Waals surface area (Å²) < 4.78 is 0. The van der Waals surface area contributed by atoms with E-state index in [1.807, 2.05) is 4.90 Å². The average Bonchev–Trinajstić information content (AvgIpc) is 3.37. The number of nitrogens with zero attached hydrogens (tertiary/aromatic N) is 3. The number of hydrogen-bond donors (Lipinski definition) is 2. The van der Waals surface area contributed by atoms with Gasteiger partial charge >= 0.3 is 0 Å². The lowest BCUT2D eigenvalue weighted by Crippen LogP contribution is -2.45. The van der Waals surface area contributed by atoms with Crippen LogP contribution in [0.2, 0.25) is 0 Å². The fourth-order valence-corrected chi connectivity index (χ4v) is 3.82. The molecule has 154 valence electrons. The van der Waals surface area contributed by atoms with Gasteiger partial charge in [0.25, 0.3) is 5.69 Å². The maximum atomic E-state index is 12.5. The minimum Gasteiger partial charge on any atom is -0.352 e. The van der Waals surface area contributed by atoms with Crippen LogP contribution in [0.25, 0.3) is 0 Å². The minimum absolute atomic E-state index is 0. The van der Waals surface area contributed by atoms with Crippen molar-refractivity contribution in [3.63, 3.8) is 0 Å². The lowest BCUT2D eigenvalue weighted by molar-refractivity contribution is -0.384. The van der Waals surface area contributed by atoms with Crippen molar-refractivity contribution < 1.29 is 9.72 Å². The van der Waals surface area contributed by atoms with Crippen molar-refractivity contribution in [2.45, 2.75) is 44.7 Å². The summed E-state index contributed by atoms with van der Waals surface area (Å²) in [5.74, 6) is 1.21. The van der Waals surface area contributed by atoms with Gasteiger partial charge in [-0.05, 0) is 24.8 Å². The maximum Gasteiger partial charge on any atom is 0.269 e. The first kappa shape index (κ1) is 22.4. The van der Waals surface area contributed by atoms with E-state index in [0.717, 1.165) is 31.4 Å². The zero-order valence-corrected chi connectivity index (χ0v) is 18.4. The highest BCUT2D eigenvalue weighted by Gasteiger charge is 2.32. The van der Waals surface area contributed by atoms with E-state index in [0.29, 0.717) is 25.0 Å². The van der Waals surface area contributed by atoms with Crippen molar-refractivity contribution in [3.8, 4) is 0 Å². The molecule has 3 rings (SSSR count). The molecule has 2 fully saturated rings. The first-order valence-corrected chi connectivity index (χ1v) is 9.56. The molecule has 1 aromatic carbocycles. The Labute approximate surface area is 182 Å². The number of aliphatic imine (C=N–C) groups is 1. The Morgan fingerprint density at radius 1 is 1.25 bits per heavy atom. The van der Waals surface area contributed by atoms with Crippen LogP contribution in [0.3, 0.4) is 0 Å². The second-order valence-electron chi connectivity index (χ2n) is 7.24. The van der Waals surface area contributed by atoms with Gasteiger partial charge in [0.2, 0.25) is 5.91 Å². The van der Waals surface area contributed by atoms with Gasteiger partial charge in [0.1, 0.15) is 0 Å². The molecule has 28 heavy (non-hydrogen) atoms. The summed E-state index contributed by atoms with van der Waals surface area (Å²) in [6.45, 7) is 2.04. The fourth-order valence-electron chi connectivity index (χ4n) is 3.82. The number of nitro groups is 1. The number of guanidine groups is 1. The lowest BCUT2D eigenvalue weighted by atomic mass is 10.1. The van der Waals surface area contributed by atoms with Crippen LogP contribution in [0, 0.1) is 16.0 Å². The van der Waals surface area contributed by atoms with Crippen LogP contribution in [-0.2, 0) is 11.3 Å². The number of hydrogen-bond acceptors (Lipinski definition) is 4. The monoisotopic (exact) mass is 501 g/mol. The van der Waals surface area contributed by atoms with E-state index in [-0.39, 0.29) is 41.6 Å². The number of benzene rings is 1. The third-order valence-electron chi connectivity index (χ3n) is 5.38. The van der Waals surface area contributed by atoms with Gasteiger partial charge in [-0.3, -0.25) is 19.9 Å². The number of halogens is 1. The third kappa shape index (κ3) is 5.79. The molecule has 9 heteroatoms. The third-order valence-corrected chi connectivity index (χ3v) is 5.38. The van der Waals surface area contributed by atoms with Crippen LogP contribution in [0.5, 0.6) is 0 Å². The molecule has 2 N–H and O–H groups in total. The molecule has 2 aliphatic rings. The van der Waals surface area contributed by atoms with Crippen LogP contribution >= 0.6 is 24.0 Å². The highest BCUT2D eigenvalue weighted by molar-refractivity contribution is 14.0. The van der Waals surface area contributed by atoms with Crippen LogP contribution in [0.4, 0.5) is 5.69 Å². The van der Waals surface area contributed by atoms with Crippen molar-refractivity contribution in [2.24, 2.45) is 10.9 Å². The van der Waals surface area contributed by atoms with Crippen molar-refractivity contribution in [2.75, 3.05) is 20.1 Å². The van der Waals surface area contributed by atoms with Gasteiger partial charge in [0.05, 0.1) is 4.92 Å². The van der Waals surface area contributed by atoms with Gasteiger partial charge in [0.15, 0.2) is 5.96 Å². The second kappa shape index (κ2) is 10.6. The average molecular weight is 501 g/mol. The van der Waals surface area contributed by atoms with Gasteiger partial charge in [-0.25, -0.2) is 0 Å². The van der Waals surface area contributed by atoms with Crippen LogP contribution < -0.4 is 10.6 Å². The highest BCUT2D eigenvalue weighted by Crippen LogP contribution is 2.27. The number of amides is 1. The molecule has 1 aromatic rings. The molecule has 0 aromatic heterocycles. The first-order valence-electron chi connectivity index (χ1n) is 9.56. The molecular weight excluding hydrogens is 473 g/mol. The standard InChI is InChI=1S/C19H27N5O3.HI/c1-20-19(21-12-14-6-8-17(9-7-14)24(26)27)22-16-10-11-23(13-16)18(25)15-4-2-3-5-15;/h6-9,15-16H,2-5,10-13H2,1H3,(H2,20,21,22);1H. The quantitative estimate of drug-likeness (QED) is 0.213. The summed E-state index contributed by atoms with van der Waals surface area (Å²) in [6.07, 6.45) is 5.32. The van der Waals surface area contributed by atoms with Gasteiger partial charge in [-0.15, -0.1) is 24.0 Å². The van der Waals surface area contributed by atoms with Gasteiger partial charge in [-0.1, -0.05) is 25.0 Å². The number of carbonyl (C=O) groups excluding carboxylic acids is 1. The normalized spacial score (nSPS) is 20.0. The molecule has 1 unspecified atom stereocenters. The number of rotatable bonds is 5. The van der Waals surface area contributed by atoms with Gasteiger partial charge in [-0.2, -0.15) is 0 Å². The molecule has 1 amide bonds. The molecule has 0 bridgehead atoms. The summed E-state index contributed by atoms with van der Waals surface area (Å²) in [5.41, 5.74) is 1.02. The van der Waals surface area contributed by atoms with Crippen LogP contribution in [0.1, 0.15) is 37.7 Å². The Bertz CT molecular complexity index is 704. The largest absolute Gasteiger partial charge is 0.352 e.